The number of methoxy groups -OCH3 is 1. The van der Waals surface area contributed by atoms with Gasteiger partial charge in [-0.1, -0.05) is 19.3 Å². The molecule has 2 atom stereocenters. The van der Waals surface area contributed by atoms with Crippen molar-refractivity contribution in [2.45, 2.75) is 31.8 Å². The average molecular weight is 169 g/mol. The van der Waals surface area contributed by atoms with Crippen molar-refractivity contribution < 1.29 is 4.74 Å². The lowest BCUT2D eigenvalue weighted by Gasteiger charge is -2.29. The van der Waals surface area contributed by atoms with Gasteiger partial charge in [-0.2, -0.15) is 0 Å². The fraction of sp³-hybridized carbons (Fsp3) is 1.00. The molecule has 0 radical (unpaired) electrons. The van der Waals surface area contributed by atoms with E-state index in [0.717, 1.165) is 18.4 Å². The van der Waals surface area contributed by atoms with Crippen LogP contribution >= 0.6 is 0 Å². The van der Waals surface area contributed by atoms with E-state index in [1.165, 1.54) is 32.2 Å². The van der Waals surface area contributed by atoms with Gasteiger partial charge in [0.25, 0.3) is 0 Å². The molecule has 1 saturated carbocycles. The summed E-state index contributed by atoms with van der Waals surface area (Å²) in [6, 6.07) is 0. The molecule has 2 fully saturated rings. The summed E-state index contributed by atoms with van der Waals surface area (Å²) in [4.78, 5) is 0. The Kier molecular flexibility index (Phi) is 2.66. The first-order valence-corrected chi connectivity index (χ1v) is 5.13. The van der Waals surface area contributed by atoms with Crippen LogP contribution in [-0.2, 0) is 4.74 Å². The van der Waals surface area contributed by atoms with Crippen molar-refractivity contribution in [2.24, 2.45) is 11.8 Å². The van der Waals surface area contributed by atoms with Crippen LogP contribution in [0.25, 0.3) is 0 Å². The zero-order valence-electron chi connectivity index (χ0n) is 7.88. The average Bonchev–Trinajstić information content (AvgIpc) is 2.43. The van der Waals surface area contributed by atoms with Crippen molar-refractivity contribution >= 4 is 0 Å². The monoisotopic (exact) mass is 169 g/mol. The number of ether oxygens (including phenoxy) is 1. The molecular weight excluding hydrogens is 150 g/mol. The molecule has 0 bridgehead atoms. The number of hydrogen-bond donors (Lipinski definition) is 1. The molecular formula is C10H19NO. The Hall–Kier alpha value is -0.0800. The Labute approximate surface area is 74.7 Å². The van der Waals surface area contributed by atoms with Crippen LogP contribution in [0.4, 0.5) is 0 Å². The van der Waals surface area contributed by atoms with Gasteiger partial charge in [0.05, 0.1) is 6.10 Å². The highest BCUT2D eigenvalue weighted by atomic mass is 16.5. The Morgan fingerprint density at radius 3 is 2.75 bits per heavy atom. The molecule has 1 aliphatic carbocycles. The van der Waals surface area contributed by atoms with Crippen molar-refractivity contribution in [1.82, 2.24) is 5.32 Å². The van der Waals surface area contributed by atoms with E-state index in [4.69, 9.17) is 4.74 Å². The third-order valence-corrected chi connectivity index (χ3v) is 3.44. The minimum absolute atomic E-state index is 0.491. The van der Waals surface area contributed by atoms with Gasteiger partial charge in [0.1, 0.15) is 0 Å². The number of hydrogen-bond acceptors (Lipinski definition) is 2. The minimum Gasteiger partial charge on any atom is -0.380 e. The molecule has 2 aliphatic rings. The summed E-state index contributed by atoms with van der Waals surface area (Å²) < 4.78 is 5.43. The maximum Gasteiger partial charge on any atom is 0.0735 e. The predicted octanol–water partition coefficient (Wildman–Crippen LogP) is 1.41. The van der Waals surface area contributed by atoms with Crippen molar-refractivity contribution in [1.29, 1.82) is 0 Å². The van der Waals surface area contributed by atoms with Gasteiger partial charge in [0.2, 0.25) is 0 Å². The van der Waals surface area contributed by atoms with Gasteiger partial charge in [0, 0.05) is 20.2 Å². The van der Waals surface area contributed by atoms with Crippen molar-refractivity contribution in [3.05, 3.63) is 0 Å². The summed E-state index contributed by atoms with van der Waals surface area (Å²) in [7, 11) is 1.84. The fourth-order valence-corrected chi connectivity index (χ4v) is 2.38. The Bertz CT molecular complexity index is 145. The first-order chi connectivity index (χ1) is 5.90. The summed E-state index contributed by atoms with van der Waals surface area (Å²) >= 11 is 0. The van der Waals surface area contributed by atoms with Gasteiger partial charge in [-0.15, -0.1) is 0 Å². The van der Waals surface area contributed by atoms with E-state index >= 15 is 0 Å². The van der Waals surface area contributed by atoms with E-state index in [-0.39, 0.29) is 0 Å². The van der Waals surface area contributed by atoms with Gasteiger partial charge in [-0.05, 0) is 18.3 Å². The molecule has 0 aromatic carbocycles. The summed E-state index contributed by atoms with van der Waals surface area (Å²) in [5.74, 6) is 1.81. The van der Waals surface area contributed by atoms with E-state index < -0.39 is 0 Å². The van der Waals surface area contributed by atoms with Crippen LogP contribution in [0, 0.1) is 11.8 Å². The molecule has 70 valence electrons. The molecule has 1 saturated heterocycles. The molecule has 0 amide bonds. The predicted molar refractivity (Wildman–Crippen MR) is 49.1 cm³/mol. The molecule has 2 unspecified atom stereocenters. The van der Waals surface area contributed by atoms with Crippen LogP contribution in [0.1, 0.15) is 25.7 Å². The molecule has 12 heavy (non-hydrogen) atoms. The van der Waals surface area contributed by atoms with Gasteiger partial charge in [0.15, 0.2) is 0 Å². The summed E-state index contributed by atoms with van der Waals surface area (Å²) in [6.07, 6.45) is 6.28. The molecule has 2 rings (SSSR count). The molecule has 1 aliphatic heterocycles. The second-order valence-electron chi connectivity index (χ2n) is 4.23. The quantitative estimate of drug-likeness (QED) is 0.689. The summed E-state index contributed by atoms with van der Waals surface area (Å²) in [5.41, 5.74) is 0. The van der Waals surface area contributed by atoms with Crippen LogP contribution in [0.3, 0.4) is 0 Å². The summed E-state index contributed by atoms with van der Waals surface area (Å²) in [6.45, 7) is 2.24. The first kappa shape index (κ1) is 8.52. The second-order valence-corrected chi connectivity index (χ2v) is 4.23. The smallest absolute Gasteiger partial charge is 0.0735 e. The lowest BCUT2D eigenvalue weighted by atomic mass is 9.78. The third kappa shape index (κ3) is 1.64. The van der Waals surface area contributed by atoms with E-state index in [2.05, 4.69) is 5.32 Å². The Morgan fingerprint density at radius 1 is 1.33 bits per heavy atom. The topological polar surface area (TPSA) is 21.3 Å². The zero-order valence-corrected chi connectivity index (χ0v) is 7.88. The molecule has 1 N–H and O–H groups in total. The highest BCUT2D eigenvalue weighted by Gasteiger charge is 2.30. The Balaban J connectivity index is 1.77. The molecule has 2 heteroatoms. The standard InChI is InChI=1S/C10H19NO/c1-12-10-7-11-6-9(10)5-8-3-2-4-8/h8-11H,2-7H2,1H3. The minimum atomic E-state index is 0.491. The highest BCUT2D eigenvalue weighted by molar-refractivity contribution is 4.85. The van der Waals surface area contributed by atoms with E-state index in [0.29, 0.717) is 6.10 Å². The maximum atomic E-state index is 5.43. The molecule has 2 nitrogen and oxygen atoms in total. The Morgan fingerprint density at radius 2 is 2.17 bits per heavy atom. The molecule has 1 heterocycles. The van der Waals surface area contributed by atoms with Crippen LogP contribution in [-0.4, -0.2) is 26.3 Å². The normalized spacial score (nSPS) is 36.8. The third-order valence-electron chi connectivity index (χ3n) is 3.44. The fourth-order valence-electron chi connectivity index (χ4n) is 2.38. The zero-order chi connectivity index (χ0) is 8.39. The van der Waals surface area contributed by atoms with Gasteiger partial charge in [-0.3, -0.25) is 0 Å². The van der Waals surface area contributed by atoms with Gasteiger partial charge in [-0.25, -0.2) is 0 Å². The lowest BCUT2D eigenvalue weighted by Crippen LogP contribution is -2.25. The first-order valence-electron chi connectivity index (χ1n) is 5.13. The highest BCUT2D eigenvalue weighted by Crippen LogP contribution is 2.34. The largest absolute Gasteiger partial charge is 0.380 e. The molecule has 0 aromatic heterocycles. The van der Waals surface area contributed by atoms with Gasteiger partial charge >= 0.3 is 0 Å². The van der Waals surface area contributed by atoms with E-state index in [1.807, 2.05) is 7.11 Å². The van der Waals surface area contributed by atoms with Crippen molar-refractivity contribution in [2.75, 3.05) is 20.2 Å². The second kappa shape index (κ2) is 3.75. The van der Waals surface area contributed by atoms with E-state index in [1.54, 1.807) is 0 Å². The van der Waals surface area contributed by atoms with Crippen molar-refractivity contribution in [3.8, 4) is 0 Å². The van der Waals surface area contributed by atoms with E-state index in [9.17, 15) is 0 Å². The number of rotatable bonds is 3. The summed E-state index contributed by atoms with van der Waals surface area (Å²) in [5, 5.41) is 3.40. The van der Waals surface area contributed by atoms with Crippen LogP contribution < -0.4 is 5.32 Å². The lowest BCUT2D eigenvalue weighted by molar-refractivity contribution is 0.0666. The van der Waals surface area contributed by atoms with Crippen LogP contribution in [0.5, 0.6) is 0 Å². The SMILES string of the molecule is COC1CNCC1CC1CCC1. The maximum absolute atomic E-state index is 5.43. The number of nitrogens with one attached hydrogen (secondary N) is 1. The van der Waals surface area contributed by atoms with Crippen LogP contribution in [0.15, 0.2) is 0 Å². The van der Waals surface area contributed by atoms with Gasteiger partial charge < -0.3 is 10.1 Å². The van der Waals surface area contributed by atoms with Crippen molar-refractivity contribution in [3.63, 3.8) is 0 Å². The van der Waals surface area contributed by atoms with Crippen LogP contribution in [0.2, 0.25) is 0 Å². The molecule has 0 spiro atoms. The molecule has 0 aromatic rings.